The van der Waals surface area contributed by atoms with Gasteiger partial charge in [0.15, 0.2) is 11.6 Å². The van der Waals surface area contributed by atoms with Crippen molar-refractivity contribution in [3.05, 3.63) is 65.2 Å². The van der Waals surface area contributed by atoms with Crippen LogP contribution in [0.1, 0.15) is 21.5 Å². The fraction of sp³-hybridized carbons (Fsp3) is 0.190. The second-order valence-electron chi connectivity index (χ2n) is 6.19. The topological polar surface area (TPSA) is 85.4 Å². The van der Waals surface area contributed by atoms with E-state index in [1.807, 2.05) is 32.0 Å². The molecule has 0 saturated heterocycles. The van der Waals surface area contributed by atoms with E-state index in [0.29, 0.717) is 28.7 Å². The van der Waals surface area contributed by atoms with Crippen LogP contribution >= 0.6 is 0 Å². The Balaban J connectivity index is 1.77. The Morgan fingerprint density at radius 3 is 1.89 bits per heavy atom. The summed E-state index contributed by atoms with van der Waals surface area (Å²) in [5, 5.41) is 14.2. The summed E-state index contributed by atoms with van der Waals surface area (Å²) in [7, 11) is 3.00. The fourth-order valence-corrected chi connectivity index (χ4v) is 2.86. The number of para-hydroxylation sites is 1. The largest absolute Gasteiger partial charge is 0.496 e. The molecule has 0 spiro atoms. The zero-order chi connectivity index (χ0) is 20.1. The Labute approximate surface area is 163 Å². The van der Waals surface area contributed by atoms with Crippen molar-refractivity contribution in [1.29, 1.82) is 0 Å². The highest BCUT2D eigenvalue weighted by Gasteiger charge is 2.18. The van der Waals surface area contributed by atoms with Gasteiger partial charge < -0.3 is 20.1 Å². The maximum absolute atomic E-state index is 12.7. The molecule has 1 aromatic heterocycles. The highest BCUT2D eigenvalue weighted by Crippen LogP contribution is 2.29. The van der Waals surface area contributed by atoms with Crippen LogP contribution in [0.25, 0.3) is 0 Å². The summed E-state index contributed by atoms with van der Waals surface area (Å²) < 4.78 is 10.5. The maximum atomic E-state index is 12.7. The van der Waals surface area contributed by atoms with E-state index in [-0.39, 0.29) is 5.91 Å². The summed E-state index contributed by atoms with van der Waals surface area (Å²) in [6.45, 7) is 4.05. The third kappa shape index (κ3) is 4.03. The van der Waals surface area contributed by atoms with Crippen molar-refractivity contribution in [3.63, 3.8) is 0 Å². The molecule has 28 heavy (non-hydrogen) atoms. The van der Waals surface area contributed by atoms with Crippen molar-refractivity contribution < 1.29 is 14.3 Å². The van der Waals surface area contributed by atoms with Gasteiger partial charge in [-0.2, -0.15) is 0 Å². The predicted octanol–water partition coefficient (Wildman–Crippen LogP) is 4.11. The molecule has 0 radical (unpaired) electrons. The van der Waals surface area contributed by atoms with Crippen molar-refractivity contribution in [3.8, 4) is 11.5 Å². The number of methoxy groups -OCH3 is 2. The van der Waals surface area contributed by atoms with Crippen LogP contribution in [0.15, 0.2) is 48.5 Å². The van der Waals surface area contributed by atoms with Gasteiger partial charge in [-0.15, -0.1) is 10.2 Å². The van der Waals surface area contributed by atoms with Crippen molar-refractivity contribution >= 4 is 23.2 Å². The molecule has 0 atom stereocenters. The van der Waals surface area contributed by atoms with Crippen LogP contribution in [0, 0.1) is 13.8 Å². The zero-order valence-corrected chi connectivity index (χ0v) is 16.2. The van der Waals surface area contributed by atoms with Crippen molar-refractivity contribution in [1.82, 2.24) is 10.2 Å². The number of carbonyl (C=O) groups excluding carboxylic acids is 1. The Kier molecular flexibility index (Phi) is 5.74. The first-order valence-electron chi connectivity index (χ1n) is 8.72. The van der Waals surface area contributed by atoms with E-state index in [1.165, 1.54) is 14.2 Å². The van der Waals surface area contributed by atoms with Crippen LogP contribution in [-0.4, -0.2) is 30.3 Å². The average molecular weight is 378 g/mol. The number of rotatable bonds is 6. The summed E-state index contributed by atoms with van der Waals surface area (Å²) >= 11 is 0. The molecular weight excluding hydrogens is 356 g/mol. The first kappa shape index (κ1) is 19.2. The molecule has 0 bridgehead atoms. The number of aryl methyl sites for hydroxylation is 2. The predicted molar refractivity (Wildman–Crippen MR) is 109 cm³/mol. The number of hydrogen-bond donors (Lipinski definition) is 2. The van der Waals surface area contributed by atoms with Gasteiger partial charge in [-0.25, -0.2) is 0 Å². The lowest BCUT2D eigenvalue weighted by Crippen LogP contribution is -2.16. The van der Waals surface area contributed by atoms with Crippen molar-refractivity contribution in [2.75, 3.05) is 24.9 Å². The number of amides is 1. The number of carbonyl (C=O) groups is 1. The SMILES string of the molecule is COc1cccc(OC)c1C(=O)Nc1ccc(Nc2c(C)cccc2C)nn1. The van der Waals surface area contributed by atoms with E-state index in [0.717, 1.165) is 16.8 Å². The summed E-state index contributed by atoms with van der Waals surface area (Å²) in [6, 6.07) is 14.6. The first-order chi connectivity index (χ1) is 13.5. The summed E-state index contributed by atoms with van der Waals surface area (Å²) in [6.07, 6.45) is 0. The molecule has 0 fully saturated rings. The Bertz CT molecular complexity index is 945. The van der Waals surface area contributed by atoms with Crippen LogP contribution in [0.4, 0.5) is 17.3 Å². The number of nitrogens with one attached hydrogen (secondary N) is 2. The zero-order valence-electron chi connectivity index (χ0n) is 16.2. The van der Waals surface area contributed by atoms with Crippen LogP contribution in [0.2, 0.25) is 0 Å². The molecule has 0 aliphatic carbocycles. The molecule has 0 aliphatic rings. The molecule has 0 unspecified atom stereocenters. The normalized spacial score (nSPS) is 10.3. The lowest BCUT2D eigenvalue weighted by Gasteiger charge is -2.13. The number of nitrogens with zero attached hydrogens (tertiary/aromatic N) is 2. The third-order valence-corrected chi connectivity index (χ3v) is 4.30. The minimum Gasteiger partial charge on any atom is -0.496 e. The monoisotopic (exact) mass is 378 g/mol. The fourth-order valence-electron chi connectivity index (χ4n) is 2.86. The molecule has 2 N–H and O–H groups in total. The summed E-state index contributed by atoms with van der Waals surface area (Å²) in [5.74, 6) is 1.35. The highest BCUT2D eigenvalue weighted by molar-refractivity contribution is 6.07. The van der Waals surface area contributed by atoms with Gasteiger partial charge >= 0.3 is 0 Å². The number of anilines is 3. The van der Waals surface area contributed by atoms with Gasteiger partial charge in [-0.3, -0.25) is 4.79 Å². The number of aromatic nitrogens is 2. The quantitative estimate of drug-likeness (QED) is 0.671. The third-order valence-electron chi connectivity index (χ3n) is 4.30. The molecule has 1 amide bonds. The van der Waals surface area contributed by atoms with Crippen LogP contribution in [0.3, 0.4) is 0 Å². The molecule has 144 valence electrons. The second-order valence-corrected chi connectivity index (χ2v) is 6.19. The molecular formula is C21H22N4O3. The Morgan fingerprint density at radius 1 is 0.821 bits per heavy atom. The Hall–Kier alpha value is -3.61. The van der Waals surface area contributed by atoms with Gasteiger partial charge in [0.05, 0.1) is 14.2 Å². The van der Waals surface area contributed by atoms with E-state index in [4.69, 9.17) is 9.47 Å². The Morgan fingerprint density at radius 2 is 1.36 bits per heavy atom. The van der Waals surface area contributed by atoms with Gasteiger partial charge in [0.25, 0.3) is 5.91 Å². The molecule has 7 nitrogen and oxygen atoms in total. The van der Waals surface area contributed by atoms with E-state index in [9.17, 15) is 4.79 Å². The van der Waals surface area contributed by atoms with Crippen LogP contribution in [-0.2, 0) is 0 Å². The van der Waals surface area contributed by atoms with Gasteiger partial charge in [-0.05, 0) is 49.2 Å². The minimum absolute atomic E-state index is 0.298. The molecule has 3 rings (SSSR count). The van der Waals surface area contributed by atoms with Gasteiger partial charge in [0.1, 0.15) is 17.1 Å². The molecule has 3 aromatic rings. The van der Waals surface area contributed by atoms with Gasteiger partial charge in [0.2, 0.25) is 0 Å². The van der Waals surface area contributed by atoms with Crippen LogP contribution in [0.5, 0.6) is 11.5 Å². The van der Waals surface area contributed by atoms with E-state index in [2.05, 4.69) is 20.8 Å². The number of benzene rings is 2. The molecule has 1 heterocycles. The second kappa shape index (κ2) is 8.39. The molecule has 2 aromatic carbocycles. The standard InChI is InChI=1S/C21H22N4O3/c1-13-7-5-8-14(2)20(13)22-17-11-12-18(25-24-17)23-21(26)19-15(27-3)9-6-10-16(19)28-4/h5-12H,1-4H3,(H,22,24)(H,23,25,26). The molecule has 0 aliphatic heterocycles. The van der Waals surface area contributed by atoms with Crippen molar-refractivity contribution in [2.45, 2.75) is 13.8 Å². The van der Waals surface area contributed by atoms with E-state index < -0.39 is 0 Å². The number of hydrogen-bond acceptors (Lipinski definition) is 6. The van der Waals surface area contributed by atoms with Gasteiger partial charge in [0, 0.05) is 5.69 Å². The molecule has 0 saturated carbocycles. The minimum atomic E-state index is -0.390. The van der Waals surface area contributed by atoms with Gasteiger partial charge in [-0.1, -0.05) is 24.3 Å². The average Bonchev–Trinajstić information content (AvgIpc) is 2.71. The van der Waals surface area contributed by atoms with Crippen LogP contribution < -0.4 is 20.1 Å². The first-order valence-corrected chi connectivity index (χ1v) is 8.72. The summed E-state index contributed by atoms with van der Waals surface area (Å²) in [4.78, 5) is 12.7. The van der Waals surface area contributed by atoms with E-state index >= 15 is 0 Å². The lowest BCUT2D eigenvalue weighted by molar-refractivity contribution is 0.102. The lowest BCUT2D eigenvalue weighted by atomic mass is 10.1. The smallest absolute Gasteiger partial charge is 0.264 e. The molecule has 7 heteroatoms. The van der Waals surface area contributed by atoms with Crippen molar-refractivity contribution in [2.24, 2.45) is 0 Å². The number of ether oxygens (including phenoxy) is 2. The van der Waals surface area contributed by atoms with E-state index in [1.54, 1.807) is 30.3 Å². The summed E-state index contributed by atoms with van der Waals surface area (Å²) in [5.41, 5.74) is 3.52. The highest BCUT2D eigenvalue weighted by atomic mass is 16.5. The maximum Gasteiger partial charge on any atom is 0.264 e.